The molecule has 0 amide bonds. The van der Waals surface area contributed by atoms with E-state index < -0.39 is 9.05 Å². The number of rotatable bonds is 19. The van der Waals surface area contributed by atoms with Crippen molar-refractivity contribution in [3.05, 3.63) is 155 Å². The van der Waals surface area contributed by atoms with E-state index in [1.807, 2.05) is 55.5 Å². The maximum absolute atomic E-state index is 10.7. The number of aliphatic hydroxyl groups is 3. The fourth-order valence-electron chi connectivity index (χ4n) is 4.26. The molecule has 0 aliphatic heterocycles. The van der Waals surface area contributed by atoms with E-state index >= 15 is 0 Å². The third kappa shape index (κ3) is 34.9. The van der Waals surface area contributed by atoms with E-state index in [2.05, 4.69) is 51.9 Å². The van der Waals surface area contributed by atoms with Gasteiger partial charge in [0.25, 0.3) is 9.05 Å². The smallest absolute Gasteiger partial charge is 0.261 e. The van der Waals surface area contributed by atoms with Crippen LogP contribution in [0.3, 0.4) is 0 Å². The highest BCUT2D eigenvalue weighted by Gasteiger charge is 2.07. The van der Waals surface area contributed by atoms with Crippen LogP contribution in [-0.2, 0) is 57.9 Å². The lowest BCUT2D eigenvalue weighted by Crippen LogP contribution is -2.04. The summed E-state index contributed by atoms with van der Waals surface area (Å²) in [5.41, 5.74) is 6.45. The molecule has 65 heavy (non-hydrogen) atoms. The van der Waals surface area contributed by atoms with Crippen molar-refractivity contribution in [2.45, 2.75) is 51.3 Å². The zero-order chi connectivity index (χ0) is 47.9. The first-order valence-corrected chi connectivity index (χ1v) is 23.4. The molecule has 0 bridgehead atoms. The molecule has 0 aliphatic carbocycles. The molecule has 0 aliphatic rings. The van der Waals surface area contributed by atoms with Gasteiger partial charge in [-0.25, -0.2) is 8.42 Å². The molecule has 5 aromatic carbocycles. The number of hydrogen-bond acceptors (Lipinski definition) is 13. The SMILES string of the molecule is C.COCCO.COCCOCc1ccc(C)cc1.COCCOc1ccc(CBr)cc1.COCCOc1ccc(CO)cc1.Cc1ccc(S(=O)(=O)Cl)cc1.OCc1ccc(O)cc1. The normalized spacial score (nSPS) is 9.95. The van der Waals surface area contributed by atoms with Crippen molar-refractivity contribution in [1.82, 2.24) is 0 Å². The number of aromatic hydroxyl groups is 1. The first-order chi connectivity index (χ1) is 30.8. The Kier molecular flexibility index (Phi) is 40.1. The largest absolute Gasteiger partial charge is 0.508 e. The summed E-state index contributed by atoms with van der Waals surface area (Å²) >= 11 is 3.39. The van der Waals surface area contributed by atoms with Crippen LogP contribution in [-0.4, -0.2) is 110 Å². The monoisotopic (exact) mass is 1010 g/mol. The topological polar surface area (TPSA) is 180 Å². The molecule has 5 aromatic rings. The Bertz CT molecular complexity index is 1860. The lowest BCUT2D eigenvalue weighted by atomic mass is 10.2. The van der Waals surface area contributed by atoms with Crippen LogP contribution in [0.15, 0.2) is 126 Å². The molecular formula is C49H70BrClO13S. The van der Waals surface area contributed by atoms with Crippen LogP contribution in [0, 0.1) is 13.8 Å². The maximum atomic E-state index is 10.7. The Morgan fingerprint density at radius 1 is 0.508 bits per heavy atom. The molecule has 0 radical (unpaired) electrons. The van der Waals surface area contributed by atoms with Gasteiger partial charge in [-0.05, 0) is 84.6 Å². The molecule has 0 atom stereocenters. The quantitative estimate of drug-likeness (QED) is 0.0350. The summed E-state index contributed by atoms with van der Waals surface area (Å²) in [6.45, 7) is 8.97. The Hall–Kier alpha value is -4.10. The van der Waals surface area contributed by atoms with Gasteiger partial charge in [0.15, 0.2) is 0 Å². The minimum absolute atomic E-state index is 0. The second kappa shape index (κ2) is 41.3. The van der Waals surface area contributed by atoms with E-state index in [-0.39, 0.29) is 37.9 Å². The second-order valence-electron chi connectivity index (χ2n) is 13.1. The molecule has 364 valence electrons. The van der Waals surface area contributed by atoms with Gasteiger partial charge in [0.2, 0.25) is 0 Å². The molecule has 0 unspecified atom stereocenters. The highest BCUT2D eigenvalue weighted by atomic mass is 79.9. The summed E-state index contributed by atoms with van der Waals surface area (Å²) in [7, 11) is 8.06. The van der Waals surface area contributed by atoms with Crippen LogP contribution in [0.1, 0.15) is 40.8 Å². The van der Waals surface area contributed by atoms with E-state index in [4.69, 9.17) is 59.5 Å². The van der Waals surface area contributed by atoms with E-state index in [9.17, 15) is 8.42 Å². The van der Waals surface area contributed by atoms with Crippen molar-refractivity contribution in [2.75, 3.05) is 81.3 Å². The molecule has 0 spiro atoms. The zero-order valence-electron chi connectivity index (χ0n) is 37.7. The summed E-state index contributed by atoms with van der Waals surface area (Å²) in [4.78, 5) is 0.143. The number of halogens is 2. The van der Waals surface area contributed by atoms with Gasteiger partial charge in [-0.2, -0.15) is 0 Å². The Morgan fingerprint density at radius 3 is 1.23 bits per heavy atom. The van der Waals surface area contributed by atoms with Crippen LogP contribution in [0.25, 0.3) is 0 Å². The van der Waals surface area contributed by atoms with Gasteiger partial charge in [0.05, 0.1) is 64.4 Å². The predicted molar refractivity (Wildman–Crippen MR) is 263 cm³/mol. The van der Waals surface area contributed by atoms with Crippen LogP contribution < -0.4 is 9.47 Å². The van der Waals surface area contributed by atoms with Gasteiger partial charge in [-0.1, -0.05) is 107 Å². The fourth-order valence-corrected chi connectivity index (χ4v) is 5.41. The van der Waals surface area contributed by atoms with Crippen molar-refractivity contribution in [1.29, 1.82) is 0 Å². The van der Waals surface area contributed by atoms with Crippen molar-refractivity contribution in [2.24, 2.45) is 0 Å². The van der Waals surface area contributed by atoms with E-state index in [0.717, 1.165) is 33.5 Å². The zero-order valence-corrected chi connectivity index (χ0v) is 40.8. The summed E-state index contributed by atoms with van der Waals surface area (Å²) in [5, 5.41) is 34.9. The third-order valence-electron chi connectivity index (χ3n) is 7.83. The maximum Gasteiger partial charge on any atom is 0.261 e. The average Bonchev–Trinajstić information content (AvgIpc) is 3.30. The summed E-state index contributed by atoms with van der Waals surface area (Å²) in [5.74, 6) is 1.92. The second-order valence-corrected chi connectivity index (χ2v) is 16.2. The Labute approximate surface area is 400 Å². The Balaban J connectivity index is 0. The van der Waals surface area contributed by atoms with E-state index in [0.29, 0.717) is 52.9 Å². The molecule has 5 rings (SSSR count). The van der Waals surface area contributed by atoms with E-state index in [1.54, 1.807) is 64.8 Å². The fraction of sp³-hybridized carbons (Fsp3) is 0.388. The van der Waals surface area contributed by atoms with Gasteiger partial charge in [-0.15, -0.1) is 0 Å². The van der Waals surface area contributed by atoms with E-state index in [1.165, 1.54) is 28.8 Å². The number of alkyl halides is 1. The van der Waals surface area contributed by atoms with Crippen LogP contribution in [0.2, 0.25) is 0 Å². The van der Waals surface area contributed by atoms with Gasteiger partial charge < -0.3 is 53.6 Å². The summed E-state index contributed by atoms with van der Waals surface area (Å²) < 4.78 is 56.6. The number of aryl methyl sites for hydroxylation is 2. The van der Waals surface area contributed by atoms with Gasteiger partial charge in [0.1, 0.15) is 30.5 Å². The van der Waals surface area contributed by atoms with Gasteiger partial charge in [-0.3, -0.25) is 0 Å². The van der Waals surface area contributed by atoms with Gasteiger partial charge in [0, 0.05) is 44.5 Å². The average molecular weight is 1010 g/mol. The molecule has 4 N–H and O–H groups in total. The van der Waals surface area contributed by atoms with Crippen LogP contribution >= 0.6 is 26.6 Å². The lowest BCUT2D eigenvalue weighted by molar-refractivity contribution is 0.0616. The highest BCUT2D eigenvalue weighted by molar-refractivity contribution is 9.08. The molecule has 0 heterocycles. The number of aliphatic hydroxyl groups excluding tert-OH is 3. The number of phenolic OH excluding ortho intramolecular Hbond substituents is 1. The number of benzene rings is 5. The van der Waals surface area contributed by atoms with Crippen molar-refractivity contribution >= 4 is 35.7 Å². The molecule has 0 aromatic heterocycles. The third-order valence-corrected chi connectivity index (χ3v) is 9.85. The first-order valence-electron chi connectivity index (χ1n) is 20.0. The number of phenols is 1. The number of methoxy groups -OCH3 is 4. The number of ether oxygens (including phenoxy) is 7. The molecule has 13 nitrogen and oxygen atoms in total. The molecule has 0 saturated carbocycles. The highest BCUT2D eigenvalue weighted by Crippen LogP contribution is 2.16. The van der Waals surface area contributed by atoms with Crippen molar-refractivity contribution in [3.8, 4) is 17.2 Å². The minimum Gasteiger partial charge on any atom is -0.508 e. The first kappa shape index (κ1) is 63.0. The van der Waals surface area contributed by atoms with Crippen molar-refractivity contribution in [3.63, 3.8) is 0 Å². The van der Waals surface area contributed by atoms with Crippen LogP contribution in [0.4, 0.5) is 0 Å². The lowest BCUT2D eigenvalue weighted by Gasteiger charge is -2.05. The Morgan fingerprint density at radius 2 is 0.877 bits per heavy atom. The molecule has 0 fully saturated rings. The number of hydrogen-bond donors (Lipinski definition) is 4. The molecular weight excluding hydrogens is 944 g/mol. The predicted octanol–water partition coefficient (Wildman–Crippen LogP) is 9.04. The summed E-state index contributed by atoms with van der Waals surface area (Å²) in [6.07, 6.45) is 0. The minimum atomic E-state index is -3.55. The molecule has 16 heteroatoms. The van der Waals surface area contributed by atoms with Gasteiger partial charge >= 0.3 is 0 Å². The van der Waals surface area contributed by atoms with Crippen molar-refractivity contribution < 1.29 is 62.0 Å². The molecule has 0 saturated heterocycles. The summed E-state index contributed by atoms with van der Waals surface area (Å²) in [6, 6.07) is 36.5. The standard InChI is InChI=1S/C11H16O2.C10H13BrO2.C10H14O3.C7H7ClO2S.C7H8O2.C3H8O2.CH4/c1-10-3-5-11(6-4-10)9-13-8-7-12-2;2*1-12-6-7-13-10-4-2-9(8-11)3-5-10;1-6-2-4-7(5-3-6)11(8,9)10;8-5-6-1-3-7(9)4-2-6;1-5-3-2-4;/h3-6H,7-9H2,1-2H3;2-5H,6-8H2,1H3;2-5,11H,6-8H2,1H3;2-5H,1H3;1-4,8-9H,5H2;4H,2-3H2,1H3;1H4. The van der Waals surface area contributed by atoms with Crippen LogP contribution in [0.5, 0.6) is 17.2 Å².